The molecule has 0 aromatic heterocycles. The highest BCUT2D eigenvalue weighted by molar-refractivity contribution is 5.92. The molecule has 0 heterocycles. The summed E-state index contributed by atoms with van der Waals surface area (Å²) in [6.45, 7) is 2.71. The average Bonchev–Trinajstić information content (AvgIpc) is 2.36. The van der Waals surface area contributed by atoms with Gasteiger partial charge in [0, 0.05) is 13.5 Å². The Hall–Kier alpha value is -1.42. The number of nitrogens with zero attached hydrogens (tertiary/aromatic N) is 1. The van der Waals surface area contributed by atoms with Gasteiger partial charge in [0.25, 0.3) is 0 Å². The lowest BCUT2D eigenvalue weighted by Gasteiger charge is -2.19. The number of carbonyl (C=O) groups is 1. The summed E-state index contributed by atoms with van der Waals surface area (Å²) in [6.07, 6.45) is 2.12. The highest BCUT2D eigenvalue weighted by Crippen LogP contribution is 2.19. The van der Waals surface area contributed by atoms with Crippen LogP contribution in [0.25, 0.3) is 0 Å². The predicted molar refractivity (Wildman–Crippen MR) is 71.9 cm³/mol. The van der Waals surface area contributed by atoms with E-state index in [9.17, 15) is 9.18 Å². The van der Waals surface area contributed by atoms with E-state index in [1.54, 1.807) is 25.2 Å². The number of hydrogen-bond acceptors (Lipinski definition) is 2. The molecule has 1 aromatic rings. The van der Waals surface area contributed by atoms with Crippen molar-refractivity contribution in [1.82, 2.24) is 0 Å². The van der Waals surface area contributed by atoms with Crippen molar-refractivity contribution in [3.63, 3.8) is 0 Å². The fourth-order valence-electron chi connectivity index (χ4n) is 1.82. The van der Waals surface area contributed by atoms with Gasteiger partial charge in [-0.15, -0.1) is 0 Å². The van der Waals surface area contributed by atoms with Crippen LogP contribution in [-0.2, 0) is 4.79 Å². The molecule has 0 spiro atoms. The smallest absolute Gasteiger partial charge is 0.226 e. The van der Waals surface area contributed by atoms with Gasteiger partial charge in [-0.05, 0) is 37.4 Å². The van der Waals surface area contributed by atoms with E-state index >= 15 is 0 Å². The first kappa shape index (κ1) is 14.6. The highest BCUT2D eigenvalue weighted by Gasteiger charge is 2.15. The summed E-state index contributed by atoms with van der Waals surface area (Å²) >= 11 is 0. The van der Waals surface area contributed by atoms with Crippen molar-refractivity contribution in [1.29, 1.82) is 0 Å². The van der Waals surface area contributed by atoms with Crippen LogP contribution in [0.15, 0.2) is 24.3 Å². The second kappa shape index (κ2) is 7.11. The number of amides is 1. The van der Waals surface area contributed by atoms with Crippen molar-refractivity contribution in [3.8, 4) is 0 Å². The third-order valence-electron chi connectivity index (χ3n) is 3.10. The van der Waals surface area contributed by atoms with Gasteiger partial charge in [-0.3, -0.25) is 4.79 Å². The zero-order valence-corrected chi connectivity index (χ0v) is 11.0. The summed E-state index contributed by atoms with van der Waals surface area (Å²) in [5, 5.41) is 0. The second-order valence-electron chi connectivity index (χ2n) is 4.63. The van der Waals surface area contributed by atoms with E-state index < -0.39 is 0 Å². The molecule has 1 rings (SSSR count). The molecule has 3 nitrogen and oxygen atoms in total. The van der Waals surface area contributed by atoms with E-state index in [0.29, 0.717) is 24.6 Å². The Morgan fingerprint density at radius 1 is 1.39 bits per heavy atom. The Labute approximate surface area is 108 Å². The quantitative estimate of drug-likeness (QED) is 0.845. The van der Waals surface area contributed by atoms with Crippen molar-refractivity contribution < 1.29 is 9.18 Å². The van der Waals surface area contributed by atoms with E-state index in [2.05, 4.69) is 6.92 Å². The van der Waals surface area contributed by atoms with E-state index in [-0.39, 0.29) is 11.7 Å². The van der Waals surface area contributed by atoms with Gasteiger partial charge in [0.05, 0.1) is 5.69 Å². The molecular formula is C14H21FN2O. The van der Waals surface area contributed by atoms with Crippen molar-refractivity contribution in [2.75, 3.05) is 18.5 Å². The number of anilines is 1. The van der Waals surface area contributed by atoms with Crippen molar-refractivity contribution in [3.05, 3.63) is 30.1 Å². The first-order valence-electron chi connectivity index (χ1n) is 6.27. The van der Waals surface area contributed by atoms with Gasteiger partial charge in [-0.25, -0.2) is 4.39 Å². The van der Waals surface area contributed by atoms with E-state index in [1.165, 1.54) is 11.0 Å². The molecular weight excluding hydrogens is 231 g/mol. The van der Waals surface area contributed by atoms with Gasteiger partial charge in [0.1, 0.15) is 5.82 Å². The lowest BCUT2D eigenvalue weighted by atomic mass is 10.0. The van der Waals surface area contributed by atoms with Crippen LogP contribution < -0.4 is 10.6 Å². The van der Waals surface area contributed by atoms with E-state index in [1.807, 2.05) is 0 Å². The zero-order chi connectivity index (χ0) is 13.5. The van der Waals surface area contributed by atoms with E-state index in [0.717, 1.165) is 12.8 Å². The molecule has 1 aromatic carbocycles. The number of halogens is 1. The number of nitrogens with two attached hydrogens (primary N) is 1. The predicted octanol–water partition coefficient (Wildman–Crippen LogP) is 2.55. The van der Waals surface area contributed by atoms with Gasteiger partial charge in [0.15, 0.2) is 0 Å². The molecule has 1 amide bonds. The fraction of sp³-hybridized carbons (Fsp3) is 0.500. The lowest BCUT2D eigenvalue weighted by Crippen LogP contribution is -2.27. The Kier molecular flexibility index (Phi) is 5.78. The molecule has 0 saturated heterocycles. The van der Waals surface area contributed by atoms with Gasteiger partial charge in [-0.1, -0.05) is 19.1 Å². The first-order valence-corrected chi connectivity index (χ1v) is 6.27. The molecule has 0 aliphatic carbocycles. The van der Waals surface area contributed by atoms with Crippen molar-refractivity contribution in [2.24, 2.45) is 11.7 Å². The average molecular weight is 252 g/mol. The molecule has 0 fully saturated rings. The number of benzene rings is 1. The van der Waals surface area contributed by atoms with Crippen molar-refractivity contribution in [2.45, 2.75) is 26.2 Å². The molecule has 0 radical (unpaired) electrons. The maximum absolute atomic E-state index is 13.5. The molecule has 1 atom stereocenters. The number of rotatable bonds is 6. The highest BCUT2D eigenvalue weighted by atomic mass is 19.1. The zero-order valence-electron chi connectivity index (χ0n) is 11.0. The van der Waals surface area contributed by atoms with Crippen LogP contribution in [0.4, 0.5) is 10.1 Å². The van der Waals surface area contributed by atoms with E-state index in [4.69, 9.17) is 5.73 Å². The molecule has 18 heavy (non-hydrogen) atoms. The topological polar surface area (TPSA) is 46.3 Å². The Morgan fingerprint density at radius 2 is 2.06 bits per heavy atom. The SMILES string of the molecule is CC(CCN)CCC(=O)N(C)c1ccccc1F. The van der Waals surface area contributed by atoms with Crippen LogP contribution in [-0.4, -0.2) is 19.5 Å². The Bertz CT molecular complexity index is 395. The van der Waals surface area contributed by atoms with Gasteiger partial charge in [-0.2, -0.15) is 0 Å². The molecule has 0 bridgehead atoms. The molecule has 0 saturated carbocycles. The summed E-state index contributed by atoms with van der Waals surface area (Å²) in [6, 6.07) is 6.30. The molecule has 1 unspecified atom stereocenters. The summed E-state index contributed by atoms with van der Waals surface area (Å²) in [5.41, 5.74) is 5.79. The largest absolute Gasteiger partial charge is 0.330 e. The molecule has 2 N–H and O–H groups in total. The molecule has 4 heteroatoms. The minimum Gasteiger partial charge on any atom is -0.330 e. The molecule has 0 aliphatic heterocycles. The van der Waals surface area contributed by atoms with Crippen LogP contribution >= 0.6 is 0 Å². The monoisotopic (exact) mass is 252 g/mol. The van der Waals surface area contributed by atoms with Gasteiger partial charge < -0.3 is 10.6 Å². The third-order valence-corrected chi connectivity index (χ3v) is 3.10. The molecule has 0 aliphatic rings. The maximum Gasteiger partial charge on any atom is 0.226 e. The molecule has 100 valence electrons. The minimum atomic E-state index is -0.372. The Morgan fingerprint density at radius 3 is 2.67 bits per heavy atom. The lowest BCUT2D eigenvalue weighted by molar-refractivity contribution is -0.118. The van der Waals surface area contributed by atoms with Gasteiger partial charge in [0.2, 0.25) is 5.91 Å². The number of hydrogen-bond donors (Lipinski definition) is 1. The third kappa shape index (κ3) is 4.11. The second-order valence-corrected chi connectivity index (χ2v) is 4.63. The summed E-state index contributed by atoms with van der Waals surface area (Å²) < 4.78 is 13.5. The maximum atomic E-state index is 13.5. The standard InChI is InChI=1S/C14H21FN2O/c1-11(9-10-16)7-8-14(18)17(2)13-6-4-3-5-12(13)15/h3-6,11H,7-10,16H2,1-2H3. The van der Waals surface area contributed by atoms with Gasteiger partial charge >= 0.3 is 0 Å². The number of carbonyl (C=O) groups excluding carboxylic acids is 1. The first-order chi connectivity index (χ1) is 8.56. The summed E-state index contributed by atoms with van der Waals surface area (Å²) in [5.74, 6) is -0.0136. The van der Waals surface area contributed by atoms with Crippen LogP contribution in [0.3, 0.4) is 0 Å². The Balaban J connectivity index is 2.54. The van der Waals surface area contributed by atoms with Crippen LogP contribution in [0.2, 0.25) is 0 Å². The van der Waals surface area contributed by atoms with Crippen molar-refractivity contribution >= 4 is 11.6 Å². The van der Waals surface area contributed by atoms with Crippen LogP contribution in [0, 0.1) is 11.7 Å². The minimum absolute atomic E-state index is 0.0658. The van der Waals surface area contributed by atoms with Crippen LogP contribution in [0.5, 0.6) is 0 Å². The number of para-hydroxylation sites is 1. The summed E-state index contributed by atoms with van der Waals surface area (Å²) in [4.78, 5) is 13.3. The van der Waals surface area contributed by atoms with Crippen LogP contribution in [0.1, 0.15) is 26.2 Å². The summed E-state index contributed by atoms with van der Waals surface area (Å²) in [7, 11) is 1.61. The fourth-order valence-corrected chi connectivity index (χ4v) is 1.82. The normalized spacial score (nSPS) is 12.2.